The monoisotopic (exact) mass is 293 g/mol. The van der Waals surface area contributed by atoms with Crippen LogP contribution in [0.1, 0.15) is 21.5 Å². The molecular formula is C15H13ClFNO2. The molecule has 0 amide bonds. The van der Waals surface area contributed by atoms with E-state index in [1.54, 1.807) is 24.3 Å². The normalized spacial score (nSPS) is 10.3. The van der Waals surface area contributed by atoms with Crippen molar-refractivity contribution in [2.75, 3.05) is 5.32 Å². The van der Waals surface area contributed by atoms with Crippen molar-refractivity contribution in [3.8, 4) is 0 Å². The van der Waals surface area contributed by atoms with Gasteiger partial charge in [0.05, 0.1) is 10.6 Å². The molecule has 0 aromatic heterocycles. The Balaban J connectivity index is 2.20. The molecule has 0 fully saturated rings. The number of halogens is 2. The van der Waals surface area contributed by atoms with Crippen LogP contribution in [0.25, 0.3) is 0 Å². The molecule has 3 nitrogen and oxygen atoms in total. The molecule has 0 aliphatic heterocycles. The van der Waals surface area contributed by atoms with E-state index in [0.717, 1.165) is 11.1 Å². The molecule has 0 atom stereocenters. The van der Waals surface area contributed by atoms with Crippen LogP contribution in [-0.4, -0.2) is 11.1 Å². The Morgan fingerprint density at radius 2 is 2.05 bits per heavy atom. The van der Waals surface area contributed by atoms with E-state index in [1.165, 1.54) is 12.1 Å². The largest absolute Gasteiger partial charge is 0.478 e. The second kappa shape index (κ2) is 5.92. The fourth-order valence-electron chi connectivity index (χ4n) is 1.84. The molecule has 20 heavy (non-hydrogen) atoms. The van der Waals surface area contributed by atoms with Crippen LogP contribution >= 0.6 is 11.6 Å². The summed E-state index contributed by atoms with van der Waals surface area (Å²) in [5, 5.41) is 12.2. The highest BCUT2D eigenvalue weighted by molar-refractivity contribution is 6.30. The van der Waals surface area contributed by atoms with Crippen LogP contribution in [0.4, 0.5) is 10.1 Å². The van der Waals surface area contributed by atoms with Crippen molar-refractivity contribution >= 4 is 23.3 Å². The molecule has 0 unspecified atom stereocenters. The summed E-state index contributed by atoms with van der Waals surface area (Å²) in [6.07, 6.45) is 0. The lowest BCUT2D eigenvalue weighted by atomic mass is 10.1. The topological polar surface area (TPSA) is 49.3 Å². The number of nitrogens with one attached hydrogen (secondary N) is 1. The Labute approximate surface area is 121 Å². The van der Waals surface area contributed by atoms with Crippen molar-refractivity contribution in [1.29, 1.82) is 0 Å². The van der Waals surface area contributed by atoms with Crippen LogP contribution in [0.15, 0.2) is 36.4 Å². The van der Waals surface area contributed by atoms with E-state index in [9.17, 15) is 9.18 Å². The standard InChI is InChI=1S/C15H13ClFNO2/c1-9-2-4-11(15(19)20)14(6-9)18-8-10-3-5-13(17)12(16)7-10/h2-7,18H,8H2,1H3,(H,19,20). The third-order valence-electron chi connectivity index (χ3n) is 2.87. The zero-order valence-electron chi connectivity index (χ0n) is 10.8. The molecule has 2 aromatic rings. The Bertz CT molecular complexity index is 658. The fourth-order valence-corrected chi connectivity index (χ4v) is 2.04. The summed E-state index contributed by atoms with van der Waals surface area (Å²) in [4.78, 5) is 11.1. The number of aromatic carboxylic acids is 1. The lowest BCUT2D eigenvalue weighted by Gasteiger charge is -2.11. The van der Waals surface area contributed by atoms with Gasteiger partial charge >= 0.3 is 5.97 Å². The molecule has 0 saturated heterocycles. The molecule has 0 radical (unpaired) electrons. The maximum Gasteiger partial charge on any atom is 0.337 e. The number of carboxylic acids is 1. The third-order valence-corrected chi connectivity index (χ3v) is 3.16. The highest BCUT2D eigenvalue weighted by Gasteiger charge is 2.10. The summed E-state index contributed by atoms with van der Waals surface area (Å²) in [5.74, 6) is -1.47. The zero-order chi connectivity index (χ0) is 14.7. The lowest BCUT2D eigenvalue weighted by molar-refractivity contribution is 0.0698. The van der Waals surface area contributed by atoms with Gasteiger partial charge in [0.2, 0.25) is 0 Å². The highest BCUT2D eigenvalue weighted by atomic mass is 35.5. The first kappa shape index (κ1) is 14.3. The van der Waals surface area contributed by atoms with E-state index >= 15 is 0 Å². The third kappa shape index (κ3) is 3.27. The molecule has 2 N–H and O–H groups in total. The molecule has 0 aliphatic carbocycles. The quantitative estimate of drug-likeness (QED) is 0.892. The SMILES string of the molecule is Cc1ccc(C(=O)O)c(NCc2ccc(F)c(Cl)c2)c1. The van der Waals surface area contributed by atoms with Crippen molar-refractivity contribution in [3.05, 3.63) is 63.9 Å². The van der Waals surface area contributed by atoms with Gasteiger partial charge in [0.25, 0.3) is 0 Å². The summed E-state index contributed by atoms with van der Waals surface area (Å²) in [5.41, 5.74) is 2.45. The number of anilines is 1. The second-order valence-corrected chi connectivity index (χ2v) is 4.86. The number of carboxylic acid groups (broad SMARTS) is 1. The van der Waals surface area contributed by atoms with Gasteiger partial charge < -0.3 is 10.4 Å². The lowest BCUT2D eigenvalue weighted by Crippen LogP contribution is -2.06. The van der Waals surface area contributed by atoms with E-state index < -0.39 is 11.8 Å². The van der Waals surface area contributed by atoms with E-state index in [4.69, 9.17) is 16.7 Å². The van der Waals surface area contributed by atoms with Crippen LogP contribution in [0.5, 0.6) is 0 Å². The van der Waals surface area contributed by atoms with Crippen LogP contribution in [0.3, 0.4) is 0 Å². The Kier molecular flexibility index (Phi) is 4.25. The maximum absolute atomic E-state index is 13.1. The van der Waals surface area contributed by atoms with E-state index in [2.05, 4.69) is 5.32 Å². The van der Waals surface area contributed by atoms with Crippen LogP contribution in [-0.2, 0) is 6.54 Å². The molecule has 0 saturated carbocycles. The molecule has 0 bridgehead atoms. The summed E-state index contributed by atoms with van der Waals surface area (Å²) in [7, 11) is 0. The molecule has 104 valence electrons. The summed E-state index contributed by atoms with van der Waals surface area (Å²) >= 11 is 5.71. The Hall–Kier alpha value is -2.07. The first-order valence-electron chi connectivity index (χ1n) is 5.99. The molecule has 5 heteroatoms. The first-order valence-corrected chi connectivity index (χ1v) is 6.37. The van der Waals surface area contributed by atoms with E-state index in [0.29, 0.717) is 12.2 Å². The van der Waals surface area contributed by atoms with E-state index in [1.807, 2.05) is 6.92 Å². The number of aryl methyl sites for hydroxylation is 1. The van der Waals surface area contributed by atoms with Gasteiger partial charge in [-0.05, 0) is 42.3 Å². The summed E-state index contributed by atoms with van der Waals surface area (Å²) in [6.45, 7) is 2.25. The van der Waals surface area contributed by atoms with Gasteiger partial charge in [0, 0.05) is 12.2 Å². The van der Waals surface area contributed by atoms with Crippen LogP contribution in [0, 0.1) is 12.7 Å². The van der Waals surface area contributed by atoms with Crippen molar-refractivity contribution < 1.29 is 14.3 Å². The average molecular weight is 294 g/mol. The molecule has 0 aliphatic rings. The minimum Gasteiger partial charge on any atom is -0.478 e. The van der Waals surface area contributed by atoms with Crippen LogP contribution in [0.2, 0.25) is 5.02 Å². The van der Waals surface area contributed by atoms with Crippen molar-refractivity contribution in [3.63, 3.8) is 0 Å². The van der Waals surface area contributed by atoms with E-state index in [-0.39, 0.29) is 10.6 Å². The van der Waals surface area contributed by atoms with Gasteiger partial charge in [-0.3, -0.25) is 0 Å². The second-order valence-electron chi connectivity index (χ2n) is 4.46. The van der Waals surface area contributed by atoms with Gasteiger partial charge in [-0.15, -0.1) is 0 Å². The fraction of sp³-hybridized carbons (Fsp3) is 0.133. The Morgan fingerprint density at radius 1 is 1.30 bits per heavy atom. The Morgan fingerprint density at radius 3 is 2.70 bits per heavy atom. The van der Waals surface area contributed by atoms with Gasteiger partial charge in [0.15, 0.2) is 0 Å². The minimum absolute atomic E-state index is 0.0481. The molecule has 0 heterocycles. The van der Waals surface area contributed by atoms with Gasteiger partial charge in [0.1, 0.15) is 5.82 Å². The van der Waals surface area contributed by atoms with Gasteiger partial charge in [-0.25, -0.2) is 9.18 Å². The predicted octanol–water partition coefficient (Wildman–Crippen LogP) is 4.10. The van der Waals surface area contributed by atoms with Gasteiger partial charge in [-0.1, -0.05) is 23.7 Å². The maximum atomic E-state index is 13.1. The van der Waals surface area contributed by atoms with Crippen LogP contribution < -0.4 is 5.32 Å². The predicted molar refractivity (Wildman–Crippen MR) is 76.9 cm³/mol. The smallest absolute Gasteiger partial charge is 0.337 e. The summed E-state index contributed by atoms with van der Waals surface area (Å²) < 4.78 is 13.1. The van der Waals surface area contributed by atoms with Crippen molar-refractivity contribution in [2.24, 2.45) is 0 Å². The number of rotatable bonds is 4. The number of hydrogen-bond donors (Lipinski definition) is 2. The first-order chi connectivity index (χ1) is 9.47. The molecule has 2 aromatic carbocycles. The van der Waals surface area contributed by atoms with Crippen molar-refractivity contribution in [1.82, 2.24) is 0 Å². The molecule has 0 spiro atoms. The molecule has 2 rings (SSSR count). The number of hydrogen-bond acceptors (Lipinski definition) is 2. The van der Waals surface area contributed by atoms with Gasteiger partial charge in [-0.2, -0.15) is 0 Å². The number of carbonyl (C=O) groups is 1. The molecular weight excluding hydrogens is 281 g/mol. The zero-order valence-corrected chi connectivity index (χ0v) is 11.5. The minimum atomic E-state index is -0.996. The van der Waals surface area contributed by atoms with Crippen molar-refractivity contribution in [2.45, 2.75) is 13.5 Å². The average Bonchev–Trinajstić information content (AvgIpc) is 2.40. The summed E-state index contributed by atoms with van der Waals surface area (Å²) in [6, 6.07) is 9.45. The number of benzene rings is 2. The highest BCUT2D eigenvalue weighted by Crippen LogP contribution is 2.20.